The van der Waals surface area contributed by atoms with Gasteiger partial charge in [0.05, 0.1) is 13.2 Å². The van der Waals surface area contributed by atoms with Crippen molar-refractivity contribution in [2.45, 2.75) is 175 Å². The molecule has 514 valence electrons. The fourth-order valence-electron chi connectivity index (χ4n) is 8.06. The van der Waals surface area contributed by atoms with Crippen LogP contribution in [0.3, 0.4) is 0 Å². The van der Waals surface area contributed by atoms with Gasteiger partial charge in [-0.15, -0.1) is 0 Å². The molecular formula is C48H82O40. The van der Waals surface area contributed by atoms with E-state index in [1.165, 1.54) is 0 Å². The highest BCUT2D eigenvalue weighted by Gasteiger charge is 2.50. The fourth-order valence-corrected chi connectivity index (χ4v) is 8.06. The molecule has 2 fully saturated rings. The Morgan fingerprint density at radius 3 is 0.852 bits per heavy atom. The van der Waals surface area contributed by atoms with Gasteiger partial charge < -0.3 is 191 Å². The number of hydrogen-bond acceptors (Lipinski definition) is 40. The zero-order valence-corrected chi connectivity index (χ0v) is 46.5. The number of aliphatic hydroxyl groups is 29. The van der Waals surface area contributed by atoms with E-state index in [-0.39, 0.29) is 0 Å². The predicted octanol–water partition coefficient (Wildman–Crippen LogP) is -6.71. The SMILES string of the molecule is C/C(O)=C(\O)C(CCO)OC(O)/C(O)=C(/O)C(CCO)OC(O)/C(O)=C(\O)C(CCO)OC1OC(CO)C(OC(O)/C(O)=C(/O)C(CCO)OC(O)/C(O)=C(/O)C(CCO)OC2OC(CO)C(OC(O)/C(O)=C(/O)C(CCO)OO)C(O)C2O)C(O)C1O. The molecule has 2 saturated heterocycles. The fraction of sp³-hybridized carbons (Fsp3) is 0.750. The molecule has 0 bridgehead atoms. The van der Waals surface area contributed by atoms with E-state index in [9.17, 15) is 143 Å². The second-order valence-corrected chi connectivity index (χ2v) is 19.0. The summed E-state index contributed by atoms with van der Waals surface area (Å²) in [6, 6.07) is 0. The third-order valence-corrected chi connectivity index (χ3v) is 12.8. The topological polar surface area (TPSA) is 699 Å². The number of ether oxygens (including phenoxy) is 9. The van der Waals surface area contributed by atoms with Gasteiger partial charge in [0.25, 0.3) is 0 Å². The van der Waals surface area contributed by atoms with Gasteiger partial charge in [-0.25, -0.2) is 4.89 Å². The minimum Gasteiger partial charge on any atom is -0.509 e. The smallest absolute Gasteiger partial charge is 0.218 e. The summed E-state index contributed by atoms with van der Waals surface area (Å²) < 4.78 is 47.0. The monoisotopic (exact) mass is 1300 g/mol. The van der Waals surface area contributed by atoms with Gasteiger partial charge in [0.2, 0.25) is 31.5 Å². The van der Waals surface area contributed by atoms with Crippen LogP contribution in [0.1, 0.15) is 45.4 Å². The largest absolute Gasteiger partial charge is 0.509 e. The summed E-state index contributed by atoms with van der Waals surface area (Å²) in [7, 11) is 0. The second-order valence-electron chi connectivity index (χ2n) is 19.0. The molecule has 30 N–H and O–H groups in total. The lowest BCUT2D eigenvalue weighted by molar-refractivity contribution is -0.330. The quantitative estimate of drug-likeness (QED) is 0.0117. The molecule has 2 heterocycles. The lowest BCUT2D eigenvalue weighted by atomic mass is 9.98. The lowest BCUT2D eigenvalue weighted by Gasteiger charge is -2.43. The van der Waals surface area contributed by atoms with Gasteiger partial charge >= 0.3 is 0 Å². The molecule has 21 atom stereocenters. The van der Waals surface area contributed by atoms with E-state index < -0.39 is 290 Å². The van der Waals surface area contributed by atoms with Crippen molar-refractivity contribution in [2.24, 2.45) is 0 Å². The van der Waals surface area contributed by atoms with Gasteiger partial charge in [0.1, 0.15) is 85.1 Å². The molecular weight excluding hydrogens is 1220 g/mol. The average molecular weight is 1300 g/mol. The maximum absolute atomic E-state index is 11.1. The molecule has 0 aromatic carbocycles. The summed E-state index contributed by atoms with van der Waals surface area (Å²) >= 11 is 0. The first kappa shape index (κ1) is 79.0. The van der Waals surface area contributed by atoms with Gasteiger partial charge in [-0.05, 0) is 6.92 Å². The molecule has 0 aromatic heterocycles. The zero-order chi connectivity index (χ0) is 67.0. The highest BCUT2D eigenvalue weighted by atomic mass is 17.1. The van der Waals surface area contributed by atoms with E-state index in [0.29, 0.717) is 0 Å². The van der Waals surface area contributed by atoms with Crippen LogP contribution in [0.15, 0.2) is 69.1 Å². The Balaban J connectivity index is 2.32. The van der Waals surface area contributed by atoms with Gasteiger partial charge in [-0.3, -0.25) is 5.26 Å². The highest BCUT2D eigenvalue weighted by Crippen LogP contribution is 2.33. The van der Waals surface area contributed by atoms with E-state index in [0.717, 1.165) is 6.92 Å². The van der Waals surface area contributed by atoms with Crippen molar-refractivity contribution >= 4 is 0 Å². The first-order valence-corrected chi connectivity index (χ1v) is 26.3. The Morgan fingerprint density at radius 1 is 0.330 bits per heavy atom. The Bertz CT molecular complexity index is 2250. The van der Waals surface area contributed by atoms with Gasteiger partial charge in [-0.1, -0.05) is 0 Å². The molecule has 40 heteroatoms. The Hall–Kier alpha value is -5.08. The summed E-state index contributed by atoms with van der Waals surface area (Å²) in [5.41, 5.74) is 0. The van der Waals surface area contributed by atoms with E-state index in [1.54, 1.807) is 0 Å². The number of hydrogen-bond donors (Lipinski definition) is 30. The Labute approximate surface area is 497 Å². The molecule has 0 aromatic rings. The molecule has 2 aliphatic heterocycles. The van der Waals surface area contributed by atoms with Crippen LogP contribution >= 0.6 is 0 Å². The van der Waals surface area contributed by atoms with Crippen LogP contribution in [0, 0.1) is 0 Å². The molecule has 0 aliphatic carbocycles. The number of allylic oxidation sites excluding steroid dienone is 1. The normalized spacial score (nSPS) is 28.4. The van der Waals surface area contributed by atoms with Crippen molar-refractivity contribution in [2.75, 3.05) is 52.9 Å². The standard InChI is InChI=1S/C48H82O40/c1-16(57)25(58)17(2-8-49)79-42(73)33(66)26(59)18(3-9-50)80-43(74)34(67)28(61)20(5-11-52)82-47-38(71)31(64)40(23(14-55)84-47)86-45(76)36(69)27(60)19(4-10-51)81-44(75)35(68)29(62)21(6-12-53)83-48-39(72)32(65)41(24(15-56)85-48)87-46(77)37(70)30(63)22(88-78)7-13-54/h17-24,31-32,38-78H,2-15H2,1H3/b25-16+,33-26-,34-28+,35-29-,36-27-,37-30-. The van der Waals surface area contributed by atoms with Crippen molar-refractivity contribution in [3.05, 3.63) is 69.1 Å². The van der Waals surface area contributed by atoms with Crippen molar-refractivity contribution in [1.29, 1.82) is 0 Å². The summed E-state index contributed by atoms with van der Waals surface area (Å²) in [5.74, 6) is -16.5. The summed E-state index contributed by atoms with van der Waals surface area (Å²) in [6.45, 7) is -6.48. The van der Waals surface area contributed by atoms with Crippen molar-refractivity contribution in [3.63, 3.8) is 0 Å². The first-order valence-electron chi connectivity index (χ1n) is 26.3. The van der Waals surface area contributed by atoms with Crippen molar-refractivity contribution in [1.82, 2.24) is 0 Å². The molecule has 0 amide bonds. The van der Waals surface area contributed by atoms with Gasteiger partial charge in [0, 0.05) is 78.2 Å². The molecule has 21 unspecified atom stereocenters. The van der Waals surface area contributed by atoms with Crippen LogP contribution in [-0.2, 0) is 47.5 Å². The lowest BCUT2D eigenvalue weighted by Crippen LogP contribution is -2.61. The van der Waals surface area contributed by atoms with Crippen LogP contribution < -0.4 is 0 Å². The maximum Gasteiger partial charge on any atom is 0.218 e. The molecule has 0 radical (unpaired) electrons. The molecule has 0 saturated carbocycles. The summed E-state index contributed by atoms with van der Waals surface area (Å²) in [6.07, 6.45) is -51.3. The minimum absolute atomic E-state index is 0.468. The van der Waals surface area contributed by atoms with E-state index in [1.807, 2.05) is 0 Å². The van der Waals surface area contributed by atoms with Crippen molar-refractivity contribution < 1.29 is 201 Å². The Morgan fingerprint density at radius 2 is 0.580 bits per heavy atom. The van der Waals surface area contributed by atoms with E-state index >= 15 is 0 Å². The minimum atomic E-state index is -2.85. The molecule has 40 nitrogen and oxygen atoms in total. The van der Waals surface area contributed by atoms with Crippen LogP contribution in [-0.4, -0.2) is 336 Å². The van der Waals surface area contributed by atoms with Gasteiger partial charge in [-0.2, -0.15) is 0 Å². The molecule has 0 spiro atoms. The number of aliphatic hydroxyl groups excluding tert-OH is 29. The van der Waals surface area contributed by atoms with Crippen LogP contribution in [0.25, 0.3) is 0 Å². The third-order valence-electron chi connectivity index (χ3n) is 12.8. The molecule has 2 rings (SSSR count). The second kappa shape index (κ2) is 38.6. The average Bonchev–Trinajstić information content (AvgIpc) is 2.58. The van der Waals surface area contributed by atoms with E-state index in [2.05, 4.69) is 4.89 Å². The summed E-state index contributed by atoms with van der Waals surface area (Å²) in [5, 5.41) is 309. The highest BCUT2D eigenvalue weighted by molar-refractivity contribution is 5.14. The van der Waals surface area contributed by atoms with Crippen molar-refractivity contribution in [3.8, 4) is 0 Å². The molecule has 2 aliphatic rings. The number of rotatable bonds is 40. The Kier molecular flexibility index (Phi) is 34.6. The first-order chi connectivity index (χ1) is 41.4. The molecule has 88 heavy (non-hydrogen) atoms. The van der Waals surface area contributed by atoms with Gasteiger partial charge in [0.15, 0.2) is 82.0 Å². The predicted molar refractivity (Wildman–Crippen MR) is 277 cm³/mol. The third kappa shape index (κ3) is 21.5. The van der Waals surface area contributed by atoms with E-state index in [4.69, 9.17) is 53.0 Å². The zero-order valence-electron chi connectivity index (χ0n) is 46.5. The summed E-state index contributed by atoms with van der Waals surface area (Å²) in [4.78, 5) is 3.90. The maximum atomic E-state index is 11.1. The van der Waals surface area contributed by atoms with Crippen LogP contribution in [0.4, 0.5) is 0 Å². The van der Waals surface area contributed by atoms with Crippen LogP contribution in [0.2, 0.25) is 0 Å². The van der Waals surface area contributed by atoms with Crippen LogP contribution in [0.5, 0.6) is 0 Å².